The number of aromatic nitrogens is 2. The number of amides is 2. The number of aryl methyl sites for hydroxylation is 2. The summed E-state index contributed by atoms with van der Waals surface area (Å²) in [5, 5.41) is 7.31. The zero-order chi connectivity index (χ0) is 19.4. The SMILES string of the molecule is CCOc1ccc(CCNC(=O)C(C)N2C(=O)CCn3nc(C)cc32)cc1. The molecule has 1 aliphatic heterocycles. The lowest BCUT2D eigenvalue weighted by atomic mass is 10.1. The Labute approximate surface area is 159 Å². The van der Waals surface area contributed by atoms with Crippen LogP contribution in [0.1, 0.15) is 31.5 Å². The number of hydrogen-bond acceptors (Lipinski definition) is 4. The number of nitrogens with one attached hydrogen (secondary N) is 1. The Morgan fingerprint density at radius 2 is 2.07 bits per heavy atom. The van der Waals surface area contributed by atoms with Gasteiger partial charge in [0.05, 0.1) is 18.8 Å². The van der Waals surface area contributed by atoms with Crippen LogP contribution in [0.3, 0.4) is 0 Å². The average molecular weight is 370 g/mol. The van der Waals surface area contributed by atoms with E-state index in [-0.39, 0.29) is 11.8 Å². The molecule has 144 valence electrons. The van der Waals surface area contributed by atoms with Crippen molar-refractivity contribution >= 4 is 17.6 Å². The van der Waals surface area contributed by atoms with Gasteiger partial charge in [-0.2, -0.15) is 5.10 Å². The Morgan fingerprint density at radius 3 is 2.78 bits per heavy atom. The van der Waals surface area contributed by atoms with E-state index in [0.717, 1.165) is 23.4 Å². The van der Waals surface area contributed by atoms with E-state index in [0.29, 0.717) is 31.9 Å². The zero-order valence-corrected chi connectivity index (χ0v) is 16.1. The standard InChI is InChI=1S/C20H26N4O3/c1-4-27-17-7-5-16(6-8-17)9-11-21-20(26)15(3)24-18-13-14(2)22-23(18)12-10-19(24)25/h5-8,13,15H,4,9-12H2,1-3H3,(H,21,26). The maximum atomic E-state index is 12.6. The predicted molar refractivity (Wildman–Crippen MR) is 103 cm³/mol. The second-order valence-corrected chi connectivity index (χ2v) is 6.67. The van der Waals surface area contributed by atoms with Gasteiger partial charge < -0.3 is 10.1 Å². The fraction of sp³-hybridized carbons (Fsp3) is 0.450. The van der Waals surface area contributed by atoms with Gasteiger partial charge in [-0.3, -0.25) is 14.5 Å². The highest BCUT2D eigenvalue weighted by Crippen LogP contribution is 2.24. The van der Waals surface area contributed by atoms with Crippen LogP contribution >= 0.6 is 0 Å². The molecule has 2 amide bonds. The largest absolute Gasteiger partial charge is 0.494 e. The number of carbonyl (C=O) groups excluding carboxylic acids is 2. The molecule has 1 aromatic heterocycles. The van der Waals surface area contributed by atoms with Crippen LogP contribution in [0.15, 0.2) is 30.3 Å². The molecule has 0 bridgehead atoms. The van der Waals surface area contributed by atoms with E-state index in [4.69, 9.17) is 4.74 Å². The van der Waals surface area contributed by atoms with Crippen molar-refractivity contribution in [1.82, 2.24) is 15.1 Å². The molecular formula is C20H26N4O3. The quantitative estimate of drug-likeness (QED) is 0.810. The van der Waals surface area contributed by atoms with Crippen molar-refractivity contribution < 1.29 is 14.3 Å². The fourth-order valence-electron chi connectivity index (χ4n) is 3.27. The number of fused-ring (bicyclic) bond motifs is 1. The molecule has 0 fully saturated rings. The molecule has 0 aliphatic carbocycles. The van der Waals surface area contributed by atoms with E-state index in [1.54, 1.807) is 16.5 Å². The summed E-state index contributed by atoms with van der Waals surface area (Å²) < 4.78 is 7.22. The lowest BCUT2D eigenvalue weighted by molar-refractivity contribution is -0.126. The first-order valence-corrected chi connectivity index (χ1v) is 9.35. The van der Waals surface area contributed by atoms with Gasteiger partial charge >= 0.3 is 0 Å². The van der Waals surface area contributed by atoms with Gasteiger partial charge in [-0.15, -0.1) is 0 Å². The predicted octanol–water partition coefficient (Wildman–Crippen LogP) is 2.07. The minimum Gasteiger partial charge on any atom is -0.494 e. The van der Waals surface area contributed by atoms with Crippen molar-refractivity contribution in [2.75, 3.05) is 18.1 Å². The second-order valence-electron chi connectivity index (χ2n) is 6.67. The van der Waals surface area contributed by atoms with Crippen LogP contribution in [0.5, 0.6) is 5.75 Å². The normalized spacial score (nSPS) is 14.6. The Hall–Kier alpha value is -2.83. The summed E-state index contributed by atoms with van der Waals surface area (Å²) in [5.41, 5.74) is 1.96. The van der Waals surface area contributed by atoms with Gasteiger partial charge in [0.1, 0.15) is 17.6 Å². The second kappa shape index (κ2) is 8.24. The number of hydrogen-bond donors (Lipinski definition) is 1. The van der Waals surface area contributed by atoms with Gasteiger partial charge in [0.2, 0.25) is 11.8 Å². The lowest BCUT2D eigenvalue weighted by Gasteiger charge is -2.31. The monoisotopic (exact) mass is 370 g/mol. The highest BCUT2D eigenvalue weighted by atomic mass is 16.5. The number of anilines is 1. The van der Waals surface area contributed by atoms with Gasteiger partial charge in [0.25, 0.3) is 0 Å². The van der Waals surface area contributed by atoms with Gasteiger partial charge in [-0.05, 0) is 44.9 Å². The maximum absolute atomic E-state index is 12.6. The van der Waals surface area contributed by atoms with Crippen LogP contribution in [0.2, 0.25) is 0 Å². The highest BCUT2D eigenvalue weighted by Gasteiger charge is 2.32. The molecule has 1 aliphatic rings. The van der Waals surface area contributed by atoms with E-state index in [1.165, 1.54) is 0 Å². The van der Waals surface area contributed by atoms with E-state index in [9.17, 15) is 9.59 Å². The lowest BCUT2D eigenvalue weighted by Crippen LogP contribution is -2.51. The molecule has 1 aromatic carbocycles. The first-order chi connectivity index (χ1) is 13.0. The topological polar surface area (TPSA) is 76.5 Å². The van der Waals surface area contributed by atoms with E-state index in [1.807, 2.05) is 44.2 Å². The first-order valence-electron chi connectivity index (χ1n) is 9.35. The van der Waals surface area contributed by atoms with Crippen LogP contribution in [0, 0.1) is 6.92 Å². The minimum absolute atomic E-state index is 0.0448. The molecule has 7 heteroatoms. The first kappa shape index (κ1) is 18.9. The molecule has 1 unspecified atom stereocenters. The van der Waals surface area contributed by atoms with Crippen molar-refractivity contribution in [2.45, 2.75) is 46.2 Å². The Morgan fingerprint density at radius 1 is 1.33 bits per heavy atom. The van der Waals surface area contributed by atoms with E-state index >= 15 is 0 Å². The molecule has 1 N–H and O–H groups in total. The number of rotatable bonds is 7. The van der Waals surface area contributed by atoms with Crippen molar-refractivity contribution in [3.8, 4) is 5.75 Å². The third kappa shape index (κ3) is 4.30. The number of ether oxygens (including phenoxy) is 1. The summed E-state index contributed by atoms with van der Waals surface area (Å²) in [6, 6.07) is 9.12. The van der Waals surface area contributed by atoms with Crippen LogP contribution in [-0.4, -0.2) is 40.8 Å². The smallest absolute Gasteiger partial charge is 0.242 e. The van der Waals surface area contributed by atoms with Gasteiger partial charge in [-0.1, -0.05) is 12.1 Å². The highest BCUT2D eigenvalue weighted by molar-refractivity contribution is 6.00. The van der Waals surface area contributed by atoms with Crippen molar-refractivity contribution in [3.05, 3.63) is 41.6 Å². The molecule has 0 saturated carbocycles. The summed E-state index contributed by atoms with van der Waals surface area (Å²) in [7, 11) is 0. The molecular weight excluding hydrogens is 344 g/mol. The molecule has 27 heavy (non-hydrogen) atoms. The molecule has 0 radical (unpaired) electrons. The molecule has 2 aromatic rings. The van der Waals surface area contributed by atoms with Gasteiger partial charge in [0, 0.05) is 19.0 Å². The molecule has 7 nitrogen and oxygen atoms in total. The van der Waals surface area contributed by atoms with E-state index < -0.39 is 6.04 Å². The van der Waals surface area contributed by atoms with Crippen LogP contribution in [0.4, 0.5) is 5.82 Å². The van der Waals surface area contributed by atoms with Crippen LogP contribution < -0.4 is 15.0 Å². The summed E-state index contributed by atoms with van der Waals surface area (Å²) in [6.07, 6.45) is 1.08. The average Bonchev–Trinajstić information content (AvgIpc) is 3.03. The summed E-state index contributed by atoms with van der Waals surface area (Å²) in [5.74, 6) is 1.32. The Bertz CT molecular complexity index is 813. The Kier molecular flexibility index (Phi) is 5.78. The summed E-state index contributed by atoms with van der Waals surface area (Å²) in [6.45, 7) is 7.30. The Balaban J connectivity index is 1.57. The molecule has 3 rings (SSSR count). The molecule has 0 saturated heterocycles. The number of benzene rings is 1. The molecule has 2 heterocycles. The van der Waals surface area contributed by atoms with Gasteiger partial charge in [-0.25, -0.2) is 4.68 Å². The third-order valence-electron chi connectivity index (χ3n) is 4.65. The van der Waals surface area contributed by atoms with Crippen LogP contribution in [0.25, 0.3) is 0 Å². The van der Waals surface area contributed by atoms with Crippen molar-refractivity contribution in [1.29, 1.82) is 0 Å². The van der Waals surface area contributed by atoms with E-state index in [2.05, 4.69) is 10.4 Å². The van der Waals surface area contributed by atoms with Gasteiger partial charge in [0.15, 0.2) is 0 Å². The zero-order valence-electron chi connectivity index (χ0n) is 16.1. The third-order valence-corrected chi connectivity index (χ3v) is 4.65. The summed E-state index contributed by atoms with van der Waals surface area (Å²) in [4.78, 5) is 26.5. The fourth-order valence-corrected chi connectivity index (χ4v) is 3.27. The van der Waals surface area contributed by atoms with Crippen molar-refractivity contribution in [2.24, 2.45) is 0 Å². The van der Waals surface area contributed by atoms with Crippen molar-refractivity contribution in [3.63, 3.8) is 0 Å². The number of carbonyl (C=O) groups is 2. The number of nitrogens with zero attached hydrogens (tertiary/aromatic N) is 3. The maximum Gasteiger partial charge on any atom is 0.242 e. The minimum atomic E-state index is -0.576. The molecule has 0 spiro atoms. The summed E-state index contributed by atoms with van der Waals surface area (Å²) >= 11 is 0. The van der Waals surface area contributed by atoms with Crippen LogP contribution in [-0.2, 0) is 22.6 Å². The molecule has 1 atom stereocenters.